The lowest BCUT2D eigenvalue weighted by atomic mass is 10.1. The van der Waals surface area contributed by atoms with Crippen molar-refractivity contribution in [2.24, 2.45) is 0 Å². The molecule has 0 aliphatic carbocycles. The Morgan fingerprint density at radius 3 is 2.71 bits per heavy atom. The predicted molar refractivity (Wildman–Crippen MR) is 80.6 cm³/mol. The molecule has 2 heterocycles. The summed E-state index contributed by atoms with van der Waals surface area (Å²) in [5.41, 5.74) is 1.03. The first kappa shape index (κ1) is 16.5. The van der Waals surface area contributed by atoms with Gasteiger partial charge < -0.3 is 14.2 Å². The van der Waals surface area contributed by atoms with Crippen molar-refractivity contribution >= 4 is 5.91 Å². The van der Waals surface area contributed by atoms with Gasteiger partial charge in [0.05, 0.1) is 6.61 Å². The Hall–Kier alpha value is -2.35. The highest BCUT2D eigenvalue weighted by Crippen LogP contribution is 2.22. The Morgan fingerprint density at radius 1 is 1.29 bits per heavy atom. The Bertz CT molecular complexity index is 703. The summed E-state index contributed by atoms with van der Waals surface area (Å²) in [5, 5.41) is 3.52. The second-order valence-electron chi connectivity index (χ2n) is 5.58. The molecule has 0 radical (unpaired) electrons. The molecule has 1 aliphatic rings. The van der Waals surface area contributed by atoms with Crippen molar-refractivity contribution in [3.05, 3.63) is 35.7 Å². The van der Waals surface area contributed by atoms with E-state index >= 15 is 0 Å². The largest absolute Gasteiger partial charge is 0.380 e. The molecule has 2 aromatic rings. The number of amides is 1. The maximum absolute atomic E-state index is 12.6. The minimum absolute atomic E-state index is 0.0702. The third-order valence-corrected chi connectivity index (χ3v) is 3.97. The number of rotatable bonds is 3. The molecule has 128 valence electrons. The van der Waals surface area contributed by atoms with E-state index in [1.807, 2.05) is 6.92 Å². The van der Waals surface area contributed by atoms with Gasteiger partial charge in [-0.15, -0.1) is 0 Å². The van der Waals surface area contributed by atoms with E-state index in [4.69, 9.17) is 4.74 Å². The highest BCUT2D eigenvalue weighted by atomic mass is 19.3. The van der Waals surface area contributed by atoms with Crippen LogP contribution in [0.1, 0.15) is 36.0 Å². The highest BCUT2D eigenvalue weighted by molar-refractivity contribution is 5.94. The number of hydrogen-bond acceptors (Lipinski definition) is 5. The first-order valence-corrected chi connectivity index (χ1v) is 7.67. The third kappa shape index (κ3) is 3.43. The van der Waals surface area contributed by atoms with Gasteiger partial charge in [0.2, 0.25) is 5.82 Å². The number of ether oxygens (including phenoxy) is 1. The molecule has 24 heavy (non-hydrogen) atoms. The lowest BCUT2D eigenvalue weighted by Gasteiger charge is -2.26. The zero-order valence-corrected chi connectivity index (χ0v) is 13.1. The Morgan fingerprint density at radius 2 is 2.04 bits per heavy atom. The maximum Gasteiger partial charge on any atom is 0.315 e. The van der Waals surface area contributed by atoms with Gasteiger partial charge in [-0.3, -0.25) is 4.79 Å². The van der Waals surface area contributed by atoms with E-state index in [0.29, 0.717) is 30.9 Å². The summed E-state index contributed by atoms with van der Waals surface area (Å²) in [7, 11) is 0. The molecule has 0 saturated carbocycles. The van der Waals surface area contributed by atoms with Crippen molar-refractivity contribution in [2.75, 3.05) is 19.8 Å². The van der Waals surface area contributed by atoms with Gasteiger partial charge in [0, 0.05) is 30.3 Å². The summed E-state index contributed by atoms with van der Waals surface area (Å²) in [6.07, 6.45) is -2.01. The third-order valence-electron chi connectivity index (χ3n) is 3.97. The van der Waals surface area contributed by atoms with Crippen LogP contribution in [-0.4, -0.2) is 46.7 Å². The van der Waals surface area contributed by atoms with Crippen molar-refractivity contribution in [3.63, 3.8) is 0 Å². The molecule has 0 spiro atoms. The number of alkyl halides is 2. The molecule has 1 amide bonds. The van der Waals surface area contributed by atoms with E-state index in [-0.39, 0.29) is 17.8 Å². The molecule has 1 aromatic heterocycles. The average Bonchev–Trinajstić information content (AvgIpc) is 2.98. The van der Waals surface area contributed by atoms with Gasteiger partial charge in [0.25, 0.3) is 11.8 Å². The van der Waals surface area contributed by atoms with Gasteiger partial charge in [0.15, 0.2) is 0 Å². The number of carbonyl (C=O) groups is 1. The minimum Gasteiger partial charge on any atom is -0.380 e. The minimum atomic E-state index is -2.81. The van der Waals surface area contributed by atoms with Crippen LogP contribution >= 0.6 is 0 Å². The van der Waals surface area contributed by atoms with Crippen molar-refractivity contribution in [1.82, 2.24) is 15.0 Å². The van der Waals surface area contributed by atoms with Crippen LogP contribution in [0, 0.1) is 0 Å². The van der Waals surface area contributed by atoms with E-state index in [0.717, 1.165) is 6.42 Å². The van der Waals surface area contributed by atoms with Gasteiger partial charge >= 0.3 is 6.43 Å². The van der Waals surface area contributed by atoms with Gasteiger partial charge in [-0.25, -0.2) is 0 Å². The van der Waals surface area contributed by atoms with Crippen LogP contribution in [0.3, 0.4) is 0 Å². The predicted octanol–water partition coefficient (Wildman–Crippen LogP) is 2.93. The van der Waals surface area contributed by atoms with Crippen molar-refractivity contribution in [3.8, 4) is 11.4 Å². The molecule has 8 heteroatoms. The summed E-state index contributed by atoms with van der Waals surface area (Å²) < 4.78 is 34.8. The molecular formula is C16H17F2N3O3. The number of benzene rings is 1. The fourth-order valence-electron chi connectivity index (χ4n) is 2.57. The number of nitrogens with zero attached hydrogens (tertiary/aromatic N) is 3. The Labute approximate surface area is 137 Å². The summed E-state index contributed by atoms with van der Waals surface area (Å²) in [4.78, 5) is 18.0. The van der Waals surface area contributed by atoms with E-state index in [2.05, 4.69) is 14.7 Å². The molecule has 6 nitrogen and oxygen atoms in total. The molecule has 1 unspecified atom stereocenters. The molecule has 1 aliphatic heterocycles. The standard InChI is InChI=1S/C16H17F2N3O3/c1-10-6-8-23-9-7-21(10)16(22)12-4-2-11(3-5-12)14-19-15(13(17)18)24-20-14/h2-5,10,13H,6-9H2,1H3. The summed E-state index contributed by atoms with van der Waals surface area (Å²) in [5.74, 6) is -0.731. The lowest BCUT2D eigenvalue weighted by molar-refractivity contribution is 0.0687. The SMILES string of the molecule is CC1CCOCCN1C(=O)c1ccc(-c2noc(C(F)F)n2)cc1. The molecule has 1 atom stereocenters. The zero-order valence-electron chi connectivity index (χ0n) is 13.1. The first-order chi connectivity index (χ1) is 11.6. The van der Waals surface area contributed by atoms with Crippen LogP contribution in [0.25, 0.3) is 11.4 Å². The van der Waals surface area contributed by atoms with Crippen LogP contribution in [0.15, 0.2) is 28.8 Å². The first-order valence-electron chi connectivity index (χ1n) is 7.67. The van der Waals surface area contributed by atoms with Crippen LogP contribution in [0.5, 0.6) is 0 Å². The second-order valence-corrected chi connectivity index (χ2v) is 5.58. The van der Waals surface area contributed by atoms with Crippen LogP contribution in [0.4, 0.5) is 8.78 Å². The molecule has 3 rings (SSSR count). The average molecular weight is 337 g/mol. The Kier molecular flexibility index (Phi) is 4.84. The van der Waals surface area contributed by atoms with Crippen molar-refractivity contribution in [1.29, 1.82) is 0 Å². The van der Waals surface area contributed by atoms with E-state index in [1.54, 1.807) is 29.2 Å². The second kappa shape index (κ2) is 7.04. The Balaban J connectivity index is 1.76. The van der Waals surface area contributed by atoms with Gasteiger partial charge in [-0.2, -0.15) is 13.8 Å². The highest BCUT2D eigenvalue weighted by Gasteiger charge is 2.23. The van der Waals surface area contributed by atoms with E-state index in [9.17, 15) is 13.6 Å². The van der Waals surface area contributed by atoms with Gasteiger partial charge in [-0.1, -0.05) is 17.3 Å². The number of aromatic nitrogens is 2. The molecular weight excluding hydrogens is 320 g/mol. The van der Waals surface area contributed by atoms with Crippen LogP contribution < -0.4 is 0 Å². The summed E-state index contributed by atoms with van der Waals surface area (Å²) >= 11 is 0. The van der Waals surface area contributed by atoms with Crippen LogP contribution in [-0.2, 0) is 4.74 Å². The number of halogens is 2. The molecule has 0 bridgehead atoms. The van der Waals surface area contributed by atoms with Gasteiger partial charge in [-0.05, 0) is 25.5 Å². The topological polar surface area (TPSA) is 68.5 Å². The maximum atomic E-state index is 12.6. The fraction of sp³-hybridized carbons (Fsp3) is 0.438. The van der Waals surface area contributed by atoms with Crippen molar-refractivity contribution < 1.29 is 22.8 Å². The normalized spacial score (nSPS) is 18.7. The van der Waals surface area contributed by atoms with E-state index < -0.39 is 12.3 Å². The fourth-order valence-corrected chi connectivity index (χ4v) is 2.57. The number of hydrogen-bond donors (Lipinski definition) is 0. The smallest absolute Gasteiger partial charge is 0.315 e. The summed E-state index contributed by atoms with van der Waals surface area (Å²) in [6.45, 7) is 3.71. The molecule has 1 fully saturated rings. The van der Waals surface area contributed by atoms with Crippen molar-refractivity contribution in [2.45, 2.75) is 25.8 Å². The molecule has 1 aromatic carbocycles. The molecule has 1 saturated heterocycles. The molecule has 0 N–H and O–H groups in total. The number of carbonyl (C=O) groups excluding carboxylic acids is 1. The van der Waals surface area contributed by atoms with E-state index in [1.165, 1.54) is 0 Å². The quantitative estimate of drug-likeness (QED) is 0.861. The van der Waals surface area contributed by atoms with Crippen LogP contribution in [0.2, 0.25) is 0 Å². The summed E-state index contributed by atoms with van der Waals surface area (Å²) in [6, 6.07) is 6.60. The zero-order chi connectivity index (χ0) is 17.1. The monoisotopic (exact) mass is 337 g/mol. The van der Waals surface area contributed by atoms with Gasteiger partial charge in [0.1, 0.15) is 0 Å². The lowest BCUT2D eigenvalue weighted by Crippen LogP contribution is -2.39.